The predicted molar refractivity (Wildman–Crippen MR) is 82.5 cm³/mol. The zero-order valence-electron chi connectivity index (χ0n) is 11.4. The maximum absolute atomic E-state index is 13.1. The Hall–Kier alpha value is -1.79. The summed E-state index contributed by atoms with van der Waals surface area (Å²) < 4.78 is 40.1. The molecule has 0 heterocycles. The van der Waals surface area contributed by atoms with Crippen molar-refractivity contribution in [1.29, 1.82) is 0 Å². The van der Waals surface area contributed by atoms with Crippen molar-refractivity contribution in [2.45, 2.75) is 18.7 Å². The number of hydrogen-bond donors (Lipinski definition) is 2. The van der Waals surface area contributed by atoms with Crippen molar-refractivity contribution in [3.05, 3.63) is 52.3 Å². The molecule has 0 radical (unpaired) electrons. The van der Waals surface area contributed by atoms with Crippen LogP contribution in [0.25, 0.3) is 0 Å². The van der Waals surface area contributed by atoms with Crippen LogP contribution in [0.2, 0.25) is 5.02 Å². The third-order valence-electron chi connectivity index (χ3n) is 3.09. The van der Waals surface area contributed by atoms with Crippen LogP contribution in [0.3, 0.4) is 0 Å². The van der Waals surface area contributed by atoms with Gasteiger partial charge in [0.25, 0.3) is 10.0 Å². The van der Waals surface area contributed by atoms with E-state index < -0.39 is 15.8 Å². The number of aryl methyl sites for hydroxylation is 2. The van der Waals surface area contributed by atoms with Crippen LogP contribution in [0.5, 0.6) is 0 Å². The maximum Gasteiger partial charge on any atom is 0.263 e. The molecule has 112 valence electrons. The SMILES string of the molecule is Cc1cc(N)c(S(=O)(=O)Nc2ccc(F)c(Cl)c2)cc1C. The van der Waals surface area contributed by atoms with Crippen LogP contribution in [-0.4, -0.2) is 8.42 Å². The van der Waals surface area contributed by atoms with Crippen LogP contribution in [0, 0.1) is 19.7 Å². The minimum absolute atomic E-state index is 0.0222. The first-order valence-electron chi connectivity index (χ1n) is 6.05. The van der Waals surface area contributed by atoms with Gasteiger partial charge in [-0.05, 0) is 55.3 Å². The van der Waals surface area contributed by atoms with Gasteiger partial charge in [0.05, 0.1) is 16.4 Å². The second kappa shape index (κ2) is 5.54. The van der Waals surface area contributed by atoms with E-state index in [-0.39, 0.29) is 21.3 Å². The van der Waals surface area contributed by atoms with E-state index in [0.29, 0.717) is 0 Å². The van der Waals surface area contributed by atoms with E-state index in [4.69, 9.17) is 17.3 Å². The summed E-state index contributed by atoms with van der Waals surface area (Å²) in [4.78, 5) is -0.0222. The molecule has 0 aliphatic heterocycles. The fourth-order valence-corrected chi connectivity index (χ4v) is 3.24. The molecule has 3 N–H and O–H groups in total. The Morgan fingerprint density at radius 2 is 1.76 bits per heavy atom. The molecule has 2 aromatic carbocycles. The van der Waals surface area contributed by atoms with Crippen LogP contribution in [0.1, 0.15) is 11.1 Å². The second-order valence-electron chi connectivity index (χ2n) is 4.71. The molecular formula is C14H14ClFN2O2S. The first-order chi connectivity index (χ1) is 9.70. The predicted octanol–water partition coefficient (Wildman–Crippen LogP) is 3.48. The van der Waals surface area contributed by atoms with Gasteiger partial charge in [-0.2, -0.15) is 0 Å². The number of sulfonamides is 1. The lowest BCUT2D eigenvalue weighted by molar-refractivity contribution is 0.601. The van der Waals surface area contributed by atoms with E-state index in [9.17, 15) is 12.8 Å². The quantitative estimate of drug-likeness (QED) is 0.847. The average molecular weight is 329 g/mol. The van der Waals surface area contributed by atoms with E-state index in [1.54, 1.807) is 13.0 Å². The van der Waals surface area contributed by atoms with Gasteiger partial charge in [0.2, 0.25) is 0 Å². The Morgan fingerprint density at radius 3 is 2.38 bits per heavy atom. The van der Waals surface area contributed by atoms with Crippen molar-refractivity contribution in [2.75, 3.05) is 10.5 Å². The van der Waals surface area contributed by atoms with Crippen molar-refractivity contribution in [3.63, 3.8) is 0 Å². The van der Waals surface area contributed by atoms with Gasteiger partial charge in [-0.3, -0.25) is 4.72 Å². The van der Waals surface area contributed by atoms with E-state index >= 15 is 0 Å². The highest BCUT2D eigenvalue weighted by atomic mass is 35.5. The van der Waals surface area contributed by atoms with E-state index in [1.165, 1.54) is 18.2 Å². The standard InChI is InChI=1S/C14H14ClFN2O2S/c1-8-5-13(17)14(6-9(8)2)21(19,20)18-10-3-4-12(16)11(15)7-10/h3-7,18H,17H2,1-2H3. The molecule has 0 unspecified atom stereocenters. The summed E-state index contributed by atoms with van der Waals surface area (Å²) >= 11 is 5.63. The first-order valence-corrected chi connectivity index (χ1v) is 7.91. The molecule has 0 aromatic heterocycles. The largest absolute Gasteiger partial charge is 0.398 e. The molecule has 2 aromatic rings. The lowest BCUT2D eigenvalue weighted by Gasteiger charge is -2.12. The molecule has 0 aliphatic rings. The van der Waals surface area contributed by atoms with Crippen molar-refractivity contribution >= 4 is 33.0 Å². The Labute approximate surface area is 127 Å². The van der Waals surface area contributed by atoms with Gasteiger partial charge in [-0.25, -0.2) is 12.8 Å². The molecule has 0 atom stereocenters. The normalized spacial score (nSPS) is 11.4. The molecule has 0 fully saturated rings. The zero-order chi connectivity index (χ0) is 15.8. The highest BCUT2D eigenvalue weighted by Crippen LogP contribution is 2.26. The van der Waals surface area contributed by atoms with Crippen LogP contribution < -0.4 is 10.5 Å². The minimum atomic E-state index is -3.87. The molecule has 0 aliphatic carbocycles. The summed E-state index contributed by atoms with van der Waals surface area (Å²) in [5.74, 6) is -0.620. The molecule has 2 rings (SSSR count). The first kappa shape index (κ1) is 15.6. The summed E-state index contributed by atoms with van der Waals surface area (Å²) in [7, 11) is -3.87. The fraction of sp³-hybridized carbons (Fsp3) is 0.143. The maximum atomic E-state index is 13.1. The number of halogens is 2. The Morgan fingerprint density at radius 1 is 1.14 bits per heavy atom. The van der Waals surface area contributed by atoms with E-state index in [1.807, 2.05) is 6.92 Å². The highest BCUT2D eigenvalue weighted by Gasteiger charge is 2.19. The molecule has 21 heavy (non-hydrogen) atoms. The Bertz CT molecular complexity index is 807. The highest BCUT2D eigenvalue weighted by molar-refractivity contribution is 7.92. The summed E-state index contributed by atoms with van der Waals surface area (Å²) in [6.07, 6.45) is 0. The van der Waals surface area contributed by atoms with Crippen LogP contribution >= 0.6 is 11.6 Å². The number of rotatable bonds is 3. The lowest BCUT2D eigenvalue weighted by Crippen LogP contribution is -2.15. The number of nitrogens with two attached hydrogens (primary N) is 1. The van der Waals surface area contributed by atoms with Crippen molar-refractivity contribution in [3.8, 4) is 0 Å². The zero-order valence-corrected chi connectivity index (χ0v) is 13.0. The lowest BCUT2D eigenvalue weighted by atomic mass is 10.1. The molecule has 0 spiro atoms. The number of nitrogens with one attached hydrogen (secondary N) is 1. The third-order valence-corrected chi connectivity index (χ3v) is 4.81. The van der Waals surface area contributed by atoms with Gasteiger partial charge in [-0.1, -0.05) is 11.6 Å². The Balaban J connectivity index is 2.43. The number of anilines is 2. The van der Waals surface area contributed by atoms with Gasteiger partial charge >= 0.3 is 0 Å². The van der Waals surface area contributed by atoms with Crippen LogP contribution in [0.4, 0.5) is 15.8 Å². The van der Waals surface area contributed by atoms with Crippen LogP contribution in [-0.2, 0) is 10.0 Å². The average Bonchev–Trinajstić information content (AvgIpc) is 2.37. The van der Waals surface area contributed by atoms with E-state index in [0.717, 1.165) is 17.2 Å². The number of benzene rings is 2. The number of hydrogen-bond acceptors (Lipinski definition) is 3. The third kappa shape index (κ3) is 3.28. The molecule has 0 saturated carbocycles. The van der Waals surface area contributed by atoms with E-state index in [2.05, 4.69) is 4.72 Å². The molecule has 0 saturated heterocycles. The van der Waals surface area contributed by atoms with Gasteiger partial charge in [0.15, 0.2) is 0 Å². The summed E-state index contributed by atoms with van der Waals surface area (Å²) in [5, 5.41) is -0.164. The Kier molecular flexibility index (Phi) is 4.11. The molecular weight excluding hydrogens is 315 g/mol. The fourth-order valence-electron chi connectivity index (χ4n) is 1.81. The van der Waals surface area contributed by atoms with Gasteiger partial charge in [0.1, 0.15) is 10.7 Å². The molecule has 0 amide bonds. The number of nitrogen functional groups attached to an aromatic ring is 1. The second-order valence-corrected chi connectivity index (χ2v) is 6.77. The van der Waals surface area contributed by atoms with Crippen LogP contribution in [0.15, 0.2) is 35.2 Å². The van der Waals surface area contributed by atoms with Gasteiger partial charge in [0, 0.05) is 0 Å². The summed E-state index contributed by atoms with van der Waals surface area (Å²) in [6, 6.07) is 6.67. The molecule has 4 nitrogen and oxygen atoms in total. The summed E-state index contributed by atoms with van der Waals surface area (Å²) in [6.45, 7) is 3.64. The molecule has 7 heteroatoms. The van der Waals surface area contributed by atoms with Gasteiger partial charge < -0.3 is 5.73 Å². The minimum Gasteiger partial charge on any atom is -0.398 e. The monoisotopic (exact) mass is 328 g/mol. The van der Waals surface area contributed by atoms with Gasteiger partial charge in [-0.15, -0.1) is 0 Å². The summed E-state index contributed by atoms with van der Waals surface area (Å²) in [5.41, 5.74) is 7.80. The topological polar surface area (TPSA) is 72.2 Å². The van der Waals surface area contributed by atoms with Crippen molar-refractivity contribution in [2.24, 2.45) is 0 Å². The van der Waals surface area contributed by atoms with Crippen molar-refractivity contribution in [1.82, 2.24) is 0 Å². The smallest absolute Gasteiger partial charge is 0.263 e. The molecule has 0 bridgehead atoms. The van der Waals surface area contributed by atoms with Crippen molar-refractivity contribution < 1.29 is 12.8 Å².